The molecule has 5 aromatic rings. The van der Waals surface area contributed by atoms with Gasteiger partial charge in [0, 0.05) is 30.6 Å². The first-order valence-electron chi connectivity index (χ1n) is 10.2. The highest BCUT2D eigenvalue weighted by Gasteiger charge is 2.10. The van der Waals surface area contributed by atoms with Crippen LogP contribution >= 0.6 is 0 Å². The number of carbonyl (C=O) groups is 1. The molecule has 0 fully saturated rings. The maximum atomic E-state index is 13.5. The molecule has 7 heteroatoms. The number of aryl methyl sites for hydroxylation is 1. The average Bonchev–Trinajstić information content (AvgIpc) is 3.43. The van der Waals surface area contributed by atoms with Gasteiger partial charge in [0.05, 0.1) is 17.6 Å². The Labute approximate surface area is 183 Å². The third kappa shape index (κ3) is 3.88. The van der Waals surface area contributed by atoms with Gasteiger partial charge >= 0.3 is 0 Å². The van der Waals surface area contributed by atoms with Crippen LogP contribution in [0.3, 0.4) is 0 Å². The number of carbonyl (C=O) groups excluding carboxylic acids is 1. The maximum absolute atomic E-state index is 13.5. The second-order valence-corrected chi connectivity index (χ2v) is 7.54. The van der Waals surface area contributed by atoms with Crippen molar-refractivity contribution in [3.63, 3.8) is 0 Å². The molecule has 1 amide bonds. The zero-order chi connectivity index (χ0) is 22.1. The van der Waals surface area contributed by atoms with E-state index >= 15 is 0 Å². The van der Waals surface area contributed by atoms with E-state index in [1.165, 1.54) is 12.1 Å². The van der Waals surface area contributed by atoms with Gasteiger partial charge in [-0.2, -0.15) is 0 Å². The molecule has 2 heterocycles. The highest BCUT2D eigenvalue weighted by Crippen LogP contribution is 2.27. The molecule has 0 unspecified atom stereocenters. The SMILES string of the molecule is Cn1ccnc1CNC(=O)c1ccc(-c2cccc(-c3nc4ccc(F)cc4[nH]3)c2)cc1. The van der Waals surface area contributed by atoms with Gasteiger partial charge in [0.1, 0.15) is 17.5 Å². The number of nitrogens with one attached hydrogen (secondary N) is 2. The number of halogens is 1. The van der Waals surface area contributed by atoms with Crippen molar-refractivity contribution in [3.8, 4) is 22.5 Å². The summed E-state index contributed by atoms with van der Waals surface area (Å²) in [5.41, 5.74) is 4.83. The van der Waals surface area contributed by atoms with Crippen LogP contribution in [0.4, 0.5) is 4.39 Å². The Bertz CT molecular complexity index is 1420. The van der Waals surface area contributed by atoms with Crippen LogP contribution in [0.5, 0.6) is 0 Å². The maximum Gasteiger partial charge on any atom is 0.251 e. The first-order valence-corrected chi connectivity index (χ1v) is 10.2. The number of imidazole rings is 2. The number of nitrogens with zero attached hydrogens (tertiary/aromatic N) is 3. The van der Waals surface area contributed by atoms with E-state index < -0.39 is 0 Å². The average molecular weight is 425 g/mol. The van der Waals surface area contributed by atoms with Crippen molar-refractivity contribution in [1.82, 2.24) is 24.8 Å². The standard InChI is InChI=1S/C25H20FN5O/c1-31-12-11-27-23(31)15-28-25(32)17-7-5-16(6-8-17)18-3-2-4-19(13-18)24-29-21-10-9-20(26)14-22(21)30-24/h2-14H,15H2,1H3,(H,28,32)(H,29,30). The number of hydrogen-bond acceptors (Lipinski definition) is 3. The predicted molar refractivity (Wildman–Crippen MR) is 121 cm³/mol. The summed E-state index contributed by atoms with van der Waals surface area (Å²) in [6.45, 7) is 0.369. The van der Waals surface area contributed by atoms with E-state index in [0.717, 1.165) is 22.5 Å². The van der Waals surface area contributed by atoms with Crippen molar-refractivity contribution in [3.05, 3.63) is 96.3 Å². The smallest absolute Gasteiger partial charge is 0.251 e. The Morgan fingerprint density at radius 2 is 1.84 bits per heavy atom. The van der Waals surface area contributed by atoms with Crippen LogP contribution in [0.25, 0.3) is 33.5 Å². The fourth-order valence-electron chi connectivity index (χ4n) is 3.61. The highest BCUT2D eigenvalue weighted by atomic mass is 19.1. The van der Waals surface area contributed by atoms with E-state index in [0.29, 0.717) is 29.0 Å². The number of aromatic nitrogens is 4. The molecule has 3 aromatic carbocycles. The molecule has 5 rings (SSSR count). The lowest BCUT2D eigenvalue weighted by Gasteiger charge is -2.07. The number of aromatic amines is 1. The van der Waals surface area contributed by atoms with Gasteiger partial charge in [-0.25, -0.2) is 14.4 Å². The lowest BCUT2D eigenvalue weighted by atomic mass is 10.0. The van der Waals surface area contributed by atoms with E-state index in [2.05, 4.69) is 20.3 Å². The van der Waals surface area contributed by atoms with Gasteiger partial charge in [0.15, 0.2) is 0 Å². The summed E-state index contributed by atoms with van der Waals surface area (Å²) in [6, 6.07) is 19.9. The predicted octanol–water partition coefficient (Wildman–Crippen LogP) is 4.70. The first-order chi connectivity index (χ1) is 15.6. The zero-order valence-electron chi connectivity index (χ0n) is 17.3. The number of hydrogen-bond donors (Lipinski definition) is 2. The summed E-state index contributed by atoms with van der Waals surface area (Å²) in [7, 11) is 1.89. The molecule has 0 bridgehead atoms. The Balaban J connectivity index is 1.34. The van der Waals surface area contributed by atoms with Gasteiger partial charge in [-0.1, -0.05) is 30.3 Å². The van der Waals surface area contributed by atoms with Crippen LogP contribution in [0.15, 0.2) is 79.1 Å². The van der Waals surface area contributed by atoms with Crippen LogP contribution < -0.4 is 5.32 Å². The fraction of sp³-hybridized carbons (Fsp3) is 0.0800. The Kier molecular flexibility index (Phi) is 4.99. The van der Waals surface area contributed by atoms with Crippen LogP contribution in [0.2, 0.25) is 0 Å². The van der Waals surface area contributed by atoms with E-state index in [-0.39, 0.29) is 11.7 Å². The molecule has 6 nitrogen and oxygen atoms in total. The third-order valence-corrected chi connectivity index (χ3v) is 5.39. The Morgan fingerprint density at radius 3 is 2.62 bits per heavy atom. The number of amides is 1. The summed E-state index contributed by atoms with van der Waals surface area (Å²) in [6.07, 6.45) is 3.54. The summed E-state index contributed by atoms with van der Waals surface area (Å²) in [5.74, 6) is 1.02. The molecule has 0 spiro atoms. The summed E-state index contributed by atoms with van der Waals surface area (Å²) >= 11 is 0. The van der Waals surface area contributed by atoms with E-state index in [1.807, 2.05) is 54.2 Å². The molecule has 2 N–H and O–H groups in total. The number of H-pyrrole nitrogens is 1. The van der Waals surface area contributed by atoms with Crippen molar-refractivity contribution >= 4 is 16.9 Å². The fourth-order valence-corrected chi connectivity index (χ4v) is 3.61. The number of rotatable bonds is 5. The normalized spacial score (nSPS) is 11.1. The topological polar surface area (TPSA) is 75.6 Å². The van der Waals surface area contributed by atoms with Crippen molar-refractivity contribution in [2.24, 2.45) is 7.05 Å². The molecule has 0 aliphatic heterocycles. The molecule has 0 saturated carbocycles. The minimum absolute atomic E-state index is 0.150. The van der Waals surface area contributed by atoms with Crippen molar-refractivity contribution in [2.45, 2.75) is 6.54 Å². The van der Waals surface area contributed by atoms with Crippen LogP contribution in [0, 0.1) is 5.82 Å². The summed E-state index contributed by atoms with van der Waals surface area (Å²) in [5, 5.41) is 2.89. The molecule has 2 aromatic heterocycles. The van der Waals surface area contributed by atoms with Gasteiger partial charge in [-0.05, 0) is 47.5 Å². The molecule has 158 valence electrons. The first kappa shape index (κ1) is 19.7. The third-order valence-electron chi connectivity index (χ3n) is 5.39. The highest BCUT2D eigenvalue weighted by molar-refractivity contribution is 5.94. The number of fused-ring (bicyclic) bond motifs is 1. The number of benzene rings is 3. The van der Waals surface area contributed by atoms with E-state index in [9.17, 15) is 9.18 Å². The van der Waals surface area contributed by atoms with Crippen LogP contribution in [-0.4, -0.2) is 25.4 Å². The van der Waals surface area contributed by atoms with Crippen molar-refractivity contribution in [1.29, 1.82) is 0 Å². The van der Waals surface area contributed by atoms with Gasteiger partial charge in [-0.3, -0.25) is 4.79 Å². The molecular weight excluding hydrogens is 405 g/mol. The van der Waals surface area contributed by atoms with Crippen LogP contribution in [0.1, 0.15) is 16.2 Å². The molecule has 32 heavy (non-hydrogen) atoms. The molecule has 0 saturated heterocycles. The van der Waals surface area contributed by atoms with Gasteiger partial charge in [0.25, 0.3) is 5.91 Å². The zero-order valence-corrected chi connectivity index (χ0v) is 17.3. The van der Waals surface area contributed by atoms with Crippen LogP contribution in [-0.2, 0) is 13.6 Å². The quantitative estimate of drug-likeness (QED) is 0.429. The van der Waals surface area contributed by atoms with Crippen molar-refractivity contribution < 1.29 is 9.18 Å². The minimum atomic E-state index is -0.300. The van der Waals surface area contributed by atoms with Gasteiger partial charge < -0.3 is 14.9 Å². The Hall–Kier alpha value is -4.26. The molecule has 0 atom stereocenters. The van der Waals surface area contributed by atoms with Crippen molar-refractivity contribution in [2.75, 3.05) is 0 Å². The lowest BCUT2D eigenvalue weighted by molar-refractivity contribution is 0.0949. The lowest BCUT2D eigenvalue weighted by Crippen LogP contribution is -2.24. The summed E-state index contributed by atoms with van der Waals surface area (Å²) < 4.78 is 15.4. The van der Waals surface area contributed by atoms with Gasteiger partial charge in [-0.15, -0.1) is 0 Å². The summed E-state index contributed by atoms with van der Waals surface area (Å²) in [4.78, 5) is 24.4. The Morgan fingerprint density at radius 1 is 1.03 bits per heavy atom. The van der Waals surface area contributed by atoms with E-state index in [4.69, 9.17) is 0 Å². The largest absolute Gasteiger partial charge is 0.345 e. The molecule has 0 aliphatic rings. The molecular formula is C25H20FN5O. The second-order valence-electron chi connectivity index (χ2n) is 7.54. The second kappa shape index (κ2) is 8.11. The van der Waals surface area contributed by atoms with E-state index in [1.54, 1.807) is 24.4 Å². The monoisotopic (exact) mass is 425 g/mol. The minimum Gasteiger partial charge on any atom is -0.345 e. The molecule has 0 aliphatic carbocycles. The van der Waals surface area contributed by atoms with Gasteiger partial charge in [0.2, 0.25) is 0 Å². The molecule has 0 radical (unpaired) electrons.